The lowest BCUT2D eigenvalue weighted by atomic mass is 10.1. The van der Waals surface area contributed by atoms with Crippen LogP contribution in [0.5, 0.6) is 0 Å². The van der Waals surface area contributed by atoms with Crippen molar-refractivity contribution in [1.29, 1.82) is 0 Å². The minimum Gasteiger partial charge on any atom is -0.463 e. The summed E-state index contributed by atoms with van der Waals surface area (Å²) in [4.78, 5) is 10.6. The lowest BCUT2D eigenvalue weighted by Gasteiger charge is -2.21. The van der Waals surface area contributed by atoms with Crippen LogP contribution < -0.4 is 0 Å². The largest absolute Gasteiger partial charge is 0.463 e. The molecular formula is C7H8F6O3. The zero-order valence-corrected chi connectivity index (χ0v) is 7.98. The molecule has 0 atom stereocenters. The first-order valence-corrected chi connectivity index (χ1v) is 3.89. The van der Waals surface area contributed by atoms with E-state index in [9.17, 15) is 31.1 Å². The molecule has 0 aromatic rings. The Labute approximate surface area is 86.3 Å². The molecule has 0 saturated heterocycles. The maximum Gasteiger partial charge on any atom is 0.411 e. The molecule has 0 N–H and O–H groups in total. The molecule has 0 rings (SSSR count). The zero-order valence-electron chi connectivity index (χ0n) is 7.98. The third kappa shape index (κ3) is 4.69. The molecule has 0 heterocycles. The van der Waals surface area contributed by atoms with E-state index in [1.807, 2.05) is 0 Å². The van der Waals surface area contributed by atoms with Gasteiger partial charge in [0.25, 0.3) is 0 Å². The number of rotatable bonds is 4. The number of methoxy groups -OCH3 is 1. The van der Waals surface area contributed by atoms with Crippen LogP contribution in [0, 0.1) is 5.92 Å². The number of esters is 1. The van der Waals surface area contributed by atoms with Gasteiger partial charge in [0.15, 0.2) is 0 Å². The van der Waals surface area contributed by atoms with E-state index in [2.05, 4.69) is 9.47 Å². The zero-order chi connectivity index (χ0) is 13.0. The Morgan fingerprint density at radius 2 is 1.50 bits per heavy atom. The monoisotopic (exact) mass is 254 g/mol. The van der Waals surface area contributed by atoms with E-state index >= 15 is 0 Å². The van der Waals surface area contributed by atoms with Crippen molar-refractivity contribution in [2.45, 2.75) is 12.4 Å². The highest BCUT2D eigenvalue weighted by molar-refractivity contribution is 5.74. The van der Waals surface area contributed by atoms with Gasteiger partial charge in [-0.3, -0.25) is 4.79 Å². The highest BCUT2D eigenvalue weighted by Gasteiger charge is 2.62. The van der Waals surface area contributed by atoms with Crippen LogP contribution in [0.2, 0.25) is 0 Å². The van der Waals surface area contributed by atoms with Gasteiger partial charge < -0.3 is 9.47 Å². The highest BCUT2D eigenvalue weighted by Crippen LogP contribution is 2.39. The van der Waals surface area contributed by atoms with E-state index in [1.54, 1.807) is 0 Å². The lowest BCUT2D eigenvalue weighted by molar-refractivity contribution is -0.282. The summed E-state index contributed by atoms with van der Waals surface area (Å²) in [6, 6.07) is 0. The average Bonchev–Trinajstić information content (AvgIpc) is 1.98. The Hall–Kier alpha value is -0.990. The first-order valence-electron chi connectivity index (χ1n) is 3.89. The SMILES string of the molecule is COCCOC(=O)C(C(F)(F)F)C(F)(F)F. The third-order valence-electron chi connectivity index (χ3n) is 1.42. The fourth-order valence-electron chi connectivity index (χ4n) is 0.762. The standard InChI is InChI=1S/C7H8F6O3/c1-15-2-3-16-5(14)4(6(8,9)10)7(11,12)13/h4H,2-3H2,1H3. The molecule has 96 valence electrons. The highest BCUT2D eigenvalue weighted by atomic mass is 19.4. The van der Waals surface area contributed by atoms with Crippen molar-refractivity contribution in [3.8, 4) is 0 Å². The molecular weight excluding hydrogens is 246 g/mol. The van der Waals surface area contributed by atoms with Crippen LogP contribution in [-0.4, -0.2) is 38.6 Å². The Morgan fingerprint density at radius 1 is 1.06 bits per heavy atom. The summed E-state index contributed by atoms with van der Waals surface area (Å²) >= 11 is 0. The minimum absolute atomic E-state index is 0.284. The summed E-state index contributed by atoms with van der Waals surface area (Å²) in [5.41, 5.74) is 0. The number of halogens is 6. The van der Waals surface area contributed by atoms with Gasteiger partial charge in [-0.15, -0.1) is 0 Å². The van der Waals surface area contributed by atoms with E-state index in [1.165, 1.54) is 0 Å². The number of carbonyl (C=O) groups is 1. The Morgan fingerprint density at radius 3 is 1.81 bits per heavy atom. The molecule has 0 aliphatic heterocycles. The van der Waals surface area contributed by atoms with Crippen molar-refractivity contribution in [2.75, 3.05) is 20.3 Å². The fourth-order valence-corrected chi connectivity index (χ4v) is 0.762. The molecule has 9 heteroatoms. The van der Waals surface area contributed by atoms with E-state index < -0.39 is 30.8 Å². The molecule has 0 aliphatic carbocycles. The summed E-state index contributed by atoms with van der Waals surface area (Å²) in [7, 11) is 1.15. The first kappa shape index (κ1) is 15.0. The van der Waals surface area contributed by atoms with E-state index in [0.717, 1.165) is 7.11 Å². The number of alkyl halides is 6. The van der Waals surface area contributed by atoms with Crippen LogP contribution in [0.15, 0.2) is 0 Å². The maximum absolute atomic E-state index is 11.9. The van der Waals surface area contributed by atoms with Crippen molar-refractivity contribution < 1.29 is 40.6 Å². The molecule has 0 bridgehead atoms. The van der Waals surface area contributed by atoms with Gasteiger partial charge in [0.1, 0.15) is 6.61 Å². The van der Waals surface area contributed by atoms with Crippen molar-refractivity contribution in [3.63, 3.8) is 0 Å². The summed E-state index contributed by atoms with van der Waals surface area (Å²) in [5.74, 6) is -6.49. The fraction of sp³-hybridized carbons (Fsp3) is 0.857. The molecule has 16 heavy (non-hydrogen) atoms. The van der Waals surface area contributed by atoms with Crippen LogP contribution in [-0.2, 0) is 14.3 Å². The predicted octanol–water partition coefficient (Wildman–Crippen LogP) is 1.92. The topological polar surface area (TPSA) is 35.5 Å². The molecule has 0 spiro atoms. The van der Waals surface area contributed by atoms with Crippen LogP contribution in [0.4, 0.5) is 26.3 Å². The van der Waals surface area contributed by atoms with Gasteiger partial charge in [0, 0.05) is 7.11 Å². The number of hydrogen-bond donors (Lipinski definition) is 0. The molecule has 0 fully saturated rings. The summed E-state index contributed by atoms with van der Waals surface area (Å²) in [6.07, 6.45) is -11.4. The maximum atomic E-state index is 11.9. The van der Waals surface area contributed by atoms with Crippen molar-refractivity contribution in [1.82, 2.24) is 0 Å². The van der Waals surface area contributed by atoms with Crippen molar-refractivity contribution in [3.05, 3.63) is 0 Å². The van der Waals surface area contributed by atoms with Gasteiger partial charge in [-0.2, -0.15) is 26.3 Å². The third-order valence-corrected chi connectivity index (χ3v) is 1.42. The van der Waals surface area contributed by atoms with Crippen LogP contribution >= 0.6 is 0 Å². The van der Waals surface area contributed by atoms with Crippen LogP contribution in [0.3, 0.4) is 0 Å². The van der Waals surface area contributed by atoms with Gasteiger partial charge in [-0.25, -0.2) is 0 Å². The molecule has 0 aromatic heterocycles. The molecule has 0 unspecified atom stereocenters. The summed E-state index contributed by atoms with van der Waals surface area (Å²) < 4.78 is 79.6. The van der Waals surface area contributed by atoms with Gasteiger partial charge in [-0.1, -0.05) is 0 Å². The number of hydrogen-bond acceptors (Lipinski definition) is 3. The minimum atomic E-state index is -5.72. The van der Waals surface area contributed by atoms with Crippen LogP contribution in [0.1, 0.15) is 0 Å². The predicted molar refractivity (Wildman–Crippen MR) is 38.4 cm³/mol. The second-order valence-electron chi connectivity index (χ2n) is 2.68. The number of carbonyl (C=O) groups excluding carboxylic acids is 1. The molecule has 3 nitrogen and oxygen atoms in total. The molecule has 0 amide bonds. The summed E-state index contributed by atoms with van der Waals surface area (Å²) in [6.45, 7) is -0.952. The van der Waals surface area contributed by atoms with Crippen LogP contribution in [0.25, 0.3) is 0 Å². The Kier molecular flexibility index (Phi) is 5.04. The lowest BCUT2D eigenvalue weighted by Crippen LogP contribution is -2.43. The van der Waals surface area contributed by atoms with E-state index in [0.29, 0.717) is 0 Å². The van der Waals surface area contributed by atoms with Gasteiger partial charge >= 0.3 is 18.3 Å². The molecule has 0 aliphatic rings. The molecule has 0 aromatic carbocycles. The first-order chi connectivity index (χ1) is 7.10. The second kappa shape index (κ2) is 5.37. The number of ether oxygens (including phenoxy) is 2. The van der Waals surface area contributed by atoms with Crippen molar-refractivity contribution in [2.24, 2.45) is 5.92 Å². The second-order valence-corrected chi connectivity index (χ2v) is 2.68. The quantitative estimate of drug-likeness (QED) is 0.437. The van der Waals surface area contributed by atoms with E-state index in [-0.39, 0.29) is 6.61 Å². The Balaban J connectivity index is 4.61. The normalized spacial score (nSPS) is 13.0. The van der Waals surface area contributed by atoms with Gasteiger partial charge in [0.2, 0.25) is 5.92 Å². The van der Waals surface area contributed by atoms with E-state index in [4.69, 9.17) is 0 Å². The smallest absolute Gasteiger partial charge is 0.411 e. The average molecular weight is 254 g/mol. The van der Waals surface area contributed by atoms with Gasteiger partial charge in [0.05, 0.1) is 6.61 Å². The summed E-state index contributed by atoms with van der Waals surface area (Å²) in [5, 5.41) is 0. The molecule has 0 saturated carbocycles. The molecule has 0 radical (unpaired) electrons. The van der Waals surface area contributed by atoms with Crippen molar-refractivity contribution >= 4 is 5.97 Å². The van der Waals surface area contributed by atoms with Gasteiger partial charge in [-0.05, 0) is 0 Å². The Bertz CT molecular complexity index is 219.